The van der Waals surface area contributed by atoms with Gasteiger partial charge in [0, 0.05) is 36.6 Å². The molecule has 1 aliphatic rings. The second kappa shape index (κ2) is 8.90. The molecule has 4 heterocycles. The number of alkyl halides is 4. The maximum atomic E-state index is 14.6. The third kappa shape index (κ3) is 4.87. The third-order valence-electron chi connectivity index (χ3n) is 6.57. The first-order valence-electron chi connectivity index (χ1n) is 12.1. The number of halogens is 4. The zero-order valence-corrected chi connectivity index (χ0v) is 21.3. The Balaban J connectivity index is 1.63. The van der Waals surface area contributed by atoms with Crippen molar-refractivity contribution in [2.75, 3.05) is 11.9 Å². The number of nitrogens with one attached hydrogen (secondary N) is 2. The van der Waals surface area contributed by atoms with Crippen LogP contribution in [0.3, 0.4) is 0 Å². The van der Waals surface area contributed by atoms with Gasteiger partial charge in [0.05, 0.1) is 11.4 Å². The molecule has 4 aromatic rings. The van der Waals surface area contributed by atoms with Crippen LogP contribution in [0.2, 0.25) is 0 Å². The molecule has 0 bridgehead atoms. The van der Waals surface area contributed by atoms with Gasteiger partial charge >= 0.3 is 6.18 Å². The van der Waals surface area contributed by atoms with Gasteiger partial charge in [-0.25, -0.2) is 18.7 Å². The molecule has 0 atom stereocenters. The van der Waals surface area contributed by atoms with E-state index in [-0.39, 0.29) is 33.8 Å². The highest BCUT2D eigenvalue weighted by molar-refractivity contribution is 5.77. The van der Waals surface area contributed by atoms with Gasteiger partial charge in [-0.1, -0.05) is 19.9 Å². The first-order chi connectivity index (χ1) is 17.7. The van der Waals surface area contributed by atoms with Crippen molar-refractivity contribution >= 4 is 22.7 Å². The standard InChI is InChI=1S/C26H27F4N7O/c1-24(2)13-31-11-15-9-16(5-6-19(15)24)34-23-33-12-18-21(35-23)37(36(22(18)38)14-26(28,29)30)17-7-8-32-20(10-17)25(3,4)27/h5-10,12,31H,11,13-14H2,1-4H3,(H,33,34,35). The molecule has 0 amide bonds. The number of pyridine rings is 1. The Morgan fingerprint density at radius 3 is 2.58 bits per heavy atom. The summed E-state index contributed by atoms with van der Waals surface area (Å²) < 4.78 is 56.6. The second-order valence-electron chi connectivity index (χ2n) is 10.6. The summed E-state index contributed by atoms with van der Waals surface area (Å²) in [6.07, 6.45) is -2.21. The fourth-order valence-corrected chi connectivity index (χ4v) is 4.75. The van der Waals surface area contributed by atoms with Crippen molar-refractivity contribution in [2.24, 2.45) is 0 Å². The molecule has 2 N–H and O–H groups in total. The summed E-state index contributed by atoms with van der Waals surface area (Å²) >= 11 is 0. The van der Waals surface area contributed by atoms with Crippen molar-refractivity contribution in [2.45, 2.75) is 58.0 Å². The van der Waals surface area contributed by atoms with E-state index in [4.69, 9.17) is 0 Å². The predicted molar refractivity (Wildman–Crippen MR) is 136 cm³/mol. The molecular formula is C26H27F4N7O. The molecule has 12 heteroatoms. The number of nitrogens with zero attached hydrogens (tertiary/aromatic N) is 5. The van der Waals surface area contributed by atoms with E-state index in [1.807, 2.05) is 18.2 Å². The minimum absolute atomic E-state index is 0.000792. The van der Waals surface area contributed by atoms with Gasteiger partial charge in [0.1, 0.15) is 17.6 Å². The summed E-state index contributed by atoms with van der Waals surface area (Å²) in [6.45, 7) is 6.88. The molecule has 0 saturated carbocycles. The smallest absolute Gasteiger partial charge is 0.324 e. The highest BCUT2D eigenvalue weighted by Gasteiger charge is 2.32. The maximum absolute atomic E-state index is 14.6. The van der Waals surface area contributed by atoms with Crippen LogP contribution < -0.4 is 16.2 Å². The zero-order valence-electron chi connectivity index (χ0n) is 21.3. The van der Waals surface area contributed by atoms with E-state index >= 15 is 0 Å². The minimum Gasteiger partial charge on any atom is -0.324 e. The number of rotatable bonds is 5. The maximum Gasteiger partial charge on any atom is 0.408 e. The lowest BCUT2D eigenvalue weighted by Crippen LogP contribution is -2.38. The molecule has 0 fully saturated rings. The Kier molecular flexibility index (Phi) is 6.05. The second-order valence-corrected chi connectivity index (χ2v) is 10.6. The molecule has 1 aliphatic heterocycles. The van der Waals surface area contributed by atoms with Crippen LogP contribution >= 0.6 is 0 Å². The van der Waals surface area contributed by atoms with E-state index in [1.54, 1.807) is 0 Å². The summed E-state index contributed by atoms with van der Waals surface area (Å²) in [5, 5.41) is 6.38. The van der Waals surface area contributed by atoms with Crippen LogP contribution in [-0.4, -0.2) is 37.0 Å². The lowest BCUT2D eigenvalue weighted by Gasteiger charge is -2.33. The van der Waals surface area contributed by atoms with E-state index < -0.39 is 23.9 Å². The van der Waals surface area contributed by atoms with Gasteiger partial charge in [-0.2, -0.15) is 18.2 Å². The molecular weight excluding hydrogens is 502 g/mol. The molecule has 0 radical (unpaired) electrons. The van der Waals surface area contributed by atoms with Crippen molar-refractivity contribution in [1.82, 2.24) is 29.6 Å². The van der Waals surface area contributed by atoms with Crippen molar-refractivity contribution in [3.05, 3.63) is 69.9 Å². The molecule has 0 spiro atoms. The molecule has 1 aromatic carbocycles. The van der Waals surface area contributed by atoms with Crippen LogP contribution in [0.15, 0.2) is 47.5 Å². The number of anilines is 2. The quantitative estimate of drug-likeness (QED) is 0.359. The van der Waals surface area contributed by atoms with E-state index in [2.05, 4.69) is 39.4 Å². The van der Waals surface area contributed by atoms with Crippen molar-refractivity contribution in [3.8, 4) is 5.69 Å². The Bertz CT molecular complexity index is 1580. The average molecular weight is 530 g/mol. The monoisotopic (exact) mass is 529 g/mol. The van der Waals surface area contributed by atoms with Crippen molar-refractivity contribution in [3.63, 3.8) is 0 Å². The normalized spacial score (nSPS) is 15.5. The predicted octanol–water partition coefficient (Wildman–Crippen LogP) is 4.87. The van der Waals surface area contributed by atoms with Gasteiger partial charge in [0.15, 0.2) is 5.65 Å². The van der Waals surface area contributed by atoms with E-state index in [9.17, 15) is 22.4 Å². The van der Waals surface area contributed by atoms with Crippen molar-refractivity contribution in [1.29, 1.82) is 0 Å². The molecule has 0 saturated heterocycles. The summed E-state index contributed by atoms with van der Waals surface area (Å²) in [5.41, 5.74) is 0.290. The first-order valence-corrected chi connectivity index (χ1v) is 12.1. The van der Waals surface area contributed by atoms with Crippen LogP contribution in [0.4, 0.5) is 29.2 Å². The van der Waals surface area contributed by atoms with Gasteiger partial charge in [-0.3, -0.25) is 9.78 Å². The fourth-order valence-electron chi connectivity index (χ4n) is 4.75. The Labute approximate surface area is 215 Å². The van der Waals surface area contributed by atoms with Gasteiger partial charge in [0.2, 0.25) is 5.95 Å². The van der Waals surface area contributed by atoms with Gasteiger partial charge in [-0.05, 0) is 49.2 Å². The highest BCUT2D eigenvalue weighted by atomic mass is 19.4. The first kappa shape index (κ1) is 25.8. The number of fused-ring (bicyclic) bond motifs is 2. The number of benzene rings is 1. The SMILES string of the molecule is CC(C)(F)c1cc(-n2c3nc(Nc4ccc5c(c4)CNCC5(C)C)ncc3c(=O)n2CC(F)(F)F)ccn1. The van der Waals surface area contributed by atoms with Gasteiger partial charge in [-0.15, -0.1) is 0 Å². The van der Waals surface area contributed by atoms with Crippen LogP contribution in [0, 0.1) is 0 Å². The number of hydrogen-bond acceptors (Lipinski definition) is 6. The molecule has 5 rings (SSSR count). The number of aromatic nitrogens is 5. The Hall–Kier alpha value is -3.80. The molecule has 8 nitrogen and oxygen atoms in total. The fraction of sp³-hybridized carbons (Fsp3) is 0.385. The van der Waals surface area contributed by atoms with Crippen LogP contribution in [0.1, 0.15) is 44.5 Å². The lowest BCUT2D eigenvalue weighted by atomic mass is 9.79. The molecule has 0 unspecified atom stereocenters. The average Bonchev–Trinajstić information content (AvgIpc) is 3.07. The topological polar surface area (TPSA) is 89.7 Å². The van der Waals surface area contributed by atoms with E-state index in [0.29, 0.717) is 16.9 Å². The van der Waals surface area contributed by atoms with Crippen molar-refractivity contribution < 1.29 is 17.6 Å². The summed E-state index contributed by atoms with van der Waals surface area (Å²) in [7, 11) is 0. The van der Waals surface area contributed by atoms with Gasteiger partial charge < -0.3 is 10.6 Å². The van der Waals surface area contributed by atoms with E-state index in [1.165, 1.54) is 43.9 Å². The Morgan fingerprint density at radius 1 is 1.11 bits per heavy atom. The summed E-state index contributed by atoms with van der Waals surface area (Å²) in [6, 6.07) is 8.59. The minimum atomic E-state index is -4.69. The largest absolute Gasteiger partial charge is 0.408 e. The molecule has 200 valence electrons. The number of hydrogen-bond donors (Lipinski definition) is 2. The zero-order chi connectivity index (χ0) is 27.5. The van der Waals surface area contributed by atoms with Crippen LogP contribution in [0.5, 0.6) is 0 Å². The van der Waals surface area contributed by atoms with E-state index in [0.717, 1.165) is 16.8 Å². The van der Waals surface area contributed by atoms with Crippen LogP contribution in [-0.2, 0) is 24.2 Å². The molecule has 0 aliphatic carbocycles. The molecule has 3 aromatic heterocycles. The van der Waals surface area contributed by atoms with Crippen LogP contribution in [0.25, 0.3) is 16.7 Å². The molecule has 38 heavy (non-hydrogen) atoms. The summed E-state index contributed by atoms with van der Waals surface area (Å²) in [4.78, 5) is 25.6. The highest BCUT2D eigenvalue weighted by Crippen LogP contribution is 2.32. The summed E-state index contributed by atoms with van der Waals surface area (Å²) in [5.74, 6) is 0.0958. The Morgan fingerprint density at radius 2 is 1.87 bits per heavy atom. The lowest BCUT2D eigenvalue weighted by molar-refractivity contribution is -0.144. The third-order valence-corrected chi connectivity index (χ3v) is 6.57. The van der Waals surface area contributed by atoms with Gasteiger partial charge in [0.25, 0.3) is 5.56 Å².